The summed E-state index contributed by atoms with van der Waals surface area (Å²) in [5.74, 6) is 1.42. The second-order valence-electron chi connectivity index (χ2n) is 8.13. The van der Waals surface area contributed by atoms with Crippen LogP contribution in [0.3, 0.4) is 0 Å². The van der Waals surface area contributed by atoms with Crippen molar-refractivity contribution in [1.82, 2.24) is 0 Å². The lowest BCUT2D eigenvalue weighted by Gasteiger charge is -2.47. The third-order valence-electron chi connectivity index (χ3n) is 5.45. The Kier molecular flexibility index (Phi) is 4.81. The zero-order chi connectivity index (χ0) is 16.5. The van der Waals surface area contributed by atoms with Gasteiger partial charge in [-0.15, -0.1) is 0 Å². The molecule has 2 nitrogen and oxygen atoms in total. The summed E-state index contributed by atoms with van der Waals surface area (Å²) in [6.07, 6.45) is 11.9. The van der Waals surface area contributed by atoms with E-state index in [0.717, 1.165) is 19.3 Å². The van der Waals surface area contributed by atoms with Crippen LogP contribution in [-0.2, 0) is 4.79 Å². The van der Waals surface area contributed by atoms with Gasteiger partial charge in [-0.1, -0.05) is 36.3 Å². The molecule has 0 saturated heterocycles. The molecule has 2 unspecified atom stereocenters. The molecule has 1 fully saturated rings. The first-order valence-corrected chi connectivity index (χ1v) is 8.40. The summed E-state index contributed by atoms with van der Waals surface area (Å²) in [7, 11) is 0. The van der Waals surface area contributed by atoms with Gasteiger partial charge < -0.3 is 5.11 Å². The van der Waals surface area contributed by atoms with Crippen molar-refractivity contribution >= 4 is 5.78 Å². The molecule has 2 heteroatoms. The van der Waals surface area contributed by atoms with Gasteiger partial charge in [0.05, 0.1) is 5.60 Å². The standard InChI is InChI=1S/C20H30O2/c1-14(7-6-9-19(3,4)22)16-8-10-20(5)13-17(21)11-15(2)18(20)12-16/h6-7,9,11,16,18,22H,8,10,12-13H2,1-5H3/b9-6+,14-7+/t16?,18-,20?/m0/s1. The summed E-state index contributed by atoms with van der Waals surface area (Å²) in [5, 5.41) is 9.73. The topological polar surface area (TPSA) is 37.3 Å². The highest BCUT2D eigenvalue weighted by Crippen LogP contribution is 2.52. The first-order valence-electron chi connectivity index (χ1n) is 8.40. The Balaban J connectivity index is 2.11. The van der Waals surface area contributed by atoms with E-state index >= 15 is 0 Å². The van der Waals surface area contributed by atoms with Gasteiger partial charge in [-0.2, -0.15) is 0 Å². The van der Waals surface area contributed by atoms with Crippen molar-refractivity contribution in [3.8, 4) is 0 Å². The van der Waals surface area contributed by atoms with Crippen molar-refractivity contribution in [2.24, 2.45) is 17.3 Å². The molecule has 122 valence electrons. The molecule has 0 radical (unpaired) electrons. The number of hydrogen-bond donors (Lipinski definition) is 1. The predicted octanol–water partition coefficient (Wildman–Crippen LogP) is 4.60. The molecule has 0 aromatic rings. The maximum absolute atomic E-state index is 11.9. The molecule has 0 aromatic heterocycles. The monoisotopic (exact) mass is 302 g/mol. The number of allylic oxidation sites excluding steroid dienone is 5. The summed E-state index contributed by atoms with van der Waals surface area (Å²) in [4.78, 5) is 11.9. The molecule has 0 amide bonds. The summed E-state index contributed by atoms with van der Waals surface area (Å²) >= 11 is 0. The average molecular weight is 302 g/mol. The van der Waals surface area contributed by atoms with E-state index in [4.69, 9.17) is 0 Å². The first kappa shape index (κ1) is 17.2. The average Bonchev–Trinajstić information content (AvgIpc) is 2.35. The number of carbonyl (C=O) groups excluding carboxylic acids is 1. The van der Waals surface area contributed by atoms with Crippen LogP contribution in [0.15, 0.2) is 35.5 Å². The van der Waals surface area contributed by atoms with Gasteiger partial charge in [-0.25, -0.2) is 0 Å². The molecular formula is C20H30O2. The van der Waals surface area contributed by atoms with E-state index in [-0.39, 0.29) is 5.41 Å². The van der Waals surface area contributed by atoms with E-state index in [1.165, 1.54) is 11.1 Å². The Hall–Kier alpha value is -1.15. The fourth-order valence-corrected chi connectivity index (χ4v) is 4.10. The van der Waals surface area contributed by atoms with E-state index in [1.54, 1.807) is 13.8 Å². The third-order valence-corrected chi connectivity index (χ3v) is 5.45. The zero-order valence-electron chi connectivity index (χ0n) is 14.6. The molecule has 2 aliphatic carbocycles. The third kappa shape index (κ3) is 3.98. The van der Waals surface area contributed by atoms with Crippen molar-refractivity contribution in [3.63, 3.8) is 0 Å². The summed E-state index contributed by atoms with van der Waals surface area (Å²) in [6.45, 7) is 10.2. The van der Waals surface area contributed by atoms with Crippen LogP contribution >= 0.6 is 0 Å². The highest BCUT2D eigenvalue weighted by molar-refractivity contribution is 5.92. The van der Waals surface area contributed by atoms with E-state index in [2.05, 4.69) is 26.8 Å². The van der Waals surface area contributed by atoms with Gasteiger partial charge in [0.25, 0.3) is 0 Å². The second kappa shape index (κ2) is 6.16. The molecule has 0 aliphatic heterocycles. The van der Waals surface area contributed by atoms with Crippen LogP contribution in [0.4, 0.5) is 0 Å². The van der Waals surface area contributed by atoms with Crippen LogP contribution in [0.25, 0.3) is 0 Å². The smallest absolute Gasteiger partial charge is 0.156 e. The second-order valence-corrected chi connectivity index (χ2v) is 8.13. The minimum absolute atomic E-state index is 0.162. The number of ketones is 1. The Morgan fingerprint density at radius 3 is 2.77 bits per heavy atom. The molecule has 1 N–H and O–H groups in total. The molecule has 1 saturated carbocycles. The van der Waals surface area contributed by atoms with E-state index in [0.29, 0.717) is 24.0 Å². The Bertz CT molecular complexity index is 530. The van der Waals surface area contributed by atoms with Crippen molar-refractivity contribution in [2.45, 2.75) is 65.9 Å². The van der Waals surface area contributed by atoms with Crippen molar-refractivity contribution in [3.05, 3.63) is 35.5 Å². The number of rotatable bonds is 3. The molecule has 2 rings (SSSR count). The van der Waals surface area contributed by atoms with Gasteiger partial charge >= 0.3 is 0 Å². The van der Waals surface area contributed by atoms with Crippen molar-refractivity contribution in [1.29, 1.82) is 0 Å². The maximum atomic E-state index is 11.9. The van der Waals surface area contributed by atoms with E-state index < -0.39 is 5.60 Å². The molecular weight excluding hydrogens is 272 g/mol. The maximum Gasteiger partial charge on any atom is 0.156 e. The molecule has 0 bridgehead atoms. The fourth-order valence-electron chi connectivity index (χ4n) is 4.10. The SMILES string of the molecule is CC1=CC(=O)CC2(C)CCC(/C(C)=C/C=C/C(C)(C)O)C[C@@H]12. The summed E-state index contributed by atoms with van der Waals surface area (Å²) in [5.41, 5.74) is 2.05. The van der Waals surface area contributed by atoms with Crippen LogP contribution in [0, 0.1) is 17.3 Å². The van der Waals surface area contributed by atoms with Crippen LogP contribution in [0.2, 0.25) is 0 Å². The Labute approximate surface area is 135 Å². The van der Waals surface area contributed by atoms with Gasteiger partial charge in [0.1, 0.15) is 0 Å². The van der Waals surface area contributed by atoms with Gasteiger partial charge in [-0.3, -0.25) is 4.79 Å². The lowest BCUT2D eigenvalue weighted by Crippen LogP contribution is -2.39. The number of aliphatic hydroxyl groups is 1. The van der Waals surface area contributed by atoms with Crippen LogP contribution < -0.4 is 0 Å². The first-order chi connectivity index (χ1) is 10.1. The van der Waals surface area contributed by atoms with E-state index in [9.17, 15) is 9.90 Å². The molecule has 22 heavy (non-hydrogen) atoms. The summed E-state index contributed by atoms with van der Waals surface area (Å²) < 4.78 is 0. The Morgan fingerprint density at radius 2 is 2.14 bits per heavy atom. The number of fused-ring (bicyclic) bond motifs is 1. The number of carbonyl (C=O) groups is 1. The highest BCUT2D eigenvalue weighted by Gasteiger charge is 2.44. The van der Waals surface area contributed by atoms with Crippen LogP contribution in [0.5, 0.6) is 0 Å². The lowest BCUT2D eigenvalue weighted by atomic mass is 9.57. The van der Waals surface area contributed by atoms with Crippen LogP contribution in [-0.4, -0.2) is 16.5 Å². The van der Waals surface area contributed by atoms with Gasteiger partial charge in [0.2, 0.25) is 0 Å². The van der Waals surface area contributed by atoms with Crippen molar-refractivity contribution < 1.29 is 9.90 Å². The van der Waals surface area contributed by atoms with Gasteiger partial charge in [0, 0.05) is 6.42 Å². The molecule has 3 atom stereocenters. The summed E-state index contributed by atoms with van der Waals surface area (Å²) in [6, 6.07) is 0. The minimum Gasteiger partial charge on any atom is -0.386 e. The van der Waals surface area contributed by atoms with Gasteiger partial charge in [-0.05, 0) is 70.3 Å². The zero-order valence-corrected chi connectivity index (χ0v) is 14.6. The van der Waals surface area contributed by atoms with E-state index in [1.807, 2.05) is 18.2 Å². The quantitative estimate of drug-likeness (QED) is 0.773. The normalized spacial score (nSPS) is 33.8. The molecule has 0 heterocycles. The number of hydrogen-bond acceptors (Lipinski definition) is 2. The lowest BCUT2D eigenvalue weighted by molar-refractivity contribution is -0.119. The minimum atomic E-state index is -0.759. The fraction of sp³-hybridized carbons (Fsp3) is 0.650. The van der Waals surface area contributed by atoms with Gasteiger partial charge in [0.15, 0.2) is 5.78 Å². The molecule has 2 aliphatic rings. The predicted molar refractivity (Wildman–Crippen MR) is 91.5 cm³/mol. The van der Waals surface area contributed by atoms with Crippen LogP contribution in [0.1, 0.15) is 60.3 Å². The molecule has 0 spiro atoms. The Morgan fingerprint density at radius 1 is 1.45 bits per heavy atom. The van der Waals surface area contributed by atoms with Crippen molar-refractivity contribution in [2.75, 3.05) is 0 Å². The highest BCUT2D eigenvalue weighted by atomic mass is 16.3. The largest absolute Gasteiger partial charge is 0.386 e. The molecule has 0 aromatic carbocycles.